The van der Waals surface area contributed by atoms with Crippen LogP contribution in [0.25, 0.3) is 22.0 Å². The average Bonchev–Trinajstić information content (AvgIpc) is 3.27. The number of ether oxygens (including phenoxy) is 2. The Hall–Kier alpha value is -4.30. The van der Waals surface area contributed by atoms with Gasteiger partial charge in [-0.25, -0.2) is 4.98 Å². The van der Waals surface area contributed by atoms with Crippen molar-refractivity contribution in [2.24, 2.45) is 7.05 Å². The zero-order valence-corrected chi connectivity index (χ0v) is 22.7. The van der Waals surface area contributed by atoms with E-state index in [9.17, 15) is 4.79 Å². The molecule has 2 aromatic heterocycles. The van der Waals surface area contributed by atoms with Gasteiger partial charge in [-0.2, -0.15) is 0 Å². The first-order valence-electron chi connectivity index (χ1n) is 12.4. The zero-order valence-electron chi connectivity index (χ0n) is 22.7. The molecule has 1 amide bonds. The van der Waals surface area contributed by atoms with E-state index in [1.54, 1.807) is 13.3 Å². The number of methoxy groups -OCH3 is 1. The molecule has 2 heterocycles. The molecule has 0 aliphatic heterocycles. The number of para-hydroxylation sites is 1. The van der Waals surface area contributed by atoms with Gasteiger partial charge in [0.25, 0.3) is 0 Å². The molecule has 0 spiro atoms. The summed E-state index contributed by atoms with van der Waals surface area (Å²) in [7, 11) is 9.71. The van der Waals surface area contributed by atoms with E-state index >= 15 is 0 Å². The van der Waals surface area contributed by atoms with E-state index in [1.807, 2.05) is 64.6 Å². The van der Waals surface area contributed by atoms with Gasteiger partial charge in [-0.1, -0.05) is 24.8 Å². The van der Waals surface area contributed by atoms with Crippen molar-refractivity contribution in [3.63, 3.8) is 0 Å². The minimum absolute atomic E-state index is 0.216. The van der Waals surface area contributed by atoms with Gasteiger partial charge in [0, 0.05) is 73.7 Å². The lowest BCUT2D eigenvalue weighted by Gasteiger charge is -2.25. The van der Waals surface area contributed by atoms with Crippen LogP contribution in [0.1, 0.15) is 5.56 Å². The quantitative estimate of drug-likeness (QED) is 0.286. The second-order valence-corrected chi connectivity index (χ2v) is 9.44. The van der Waals surface area contributed by atoms with Gasteiger partial charge in [-0.05, 0) is 43.9 Å². The van der Waals surface area contributed by atoms with Gasteiger partial charge < -0.3 is 29.2 Å². The Bertz CT molecular complexity index is 1440. The van der Waals surface area contributed by atoms with Gasteiger partial charge in [-0.15, -0.1) is 0 Å². The Kier molecular flexibility index (Phi) is 8.33. The second-order valence-electron chi connectivity index (χ2n) is 9.44. The lowest BCUT2D eigenvalue weighted by molar-refractivity contribution is -0.111. The van der Waals surface area contributed by atoms with E-state index in [4.69, 9.17) is 9.47 Å². The van der Waals surface area contributed by atoms with Crippen LogP contribution < -0.4 is 19.7 Å². The van der Waals surface area contributed by atoms with Crippen LogP contribution in [-0.4, -0.2) is 61.7 Å². The number of carbonyl (C=O) groups is 1. The van der Waals surface area contributed by atoms with E-state index < -0.39 is 0 Å². The smallest absolute Gasteiger partial charge is 0.247 e. The van der Waals surface area contributed by atoms with Crippen LogP contribution in [-0.2, 0) is 18.4 Å². The molecule has 0 saturated carbocycles. The third-order valence-corrected chi connectivity index (χ3v) is 6.45. The van der Waals surface area contributed by atoms with E-state index in [2.05, 4.69) is 49.6 Å². The number of rotatable bonds is 11. The number of amides is 1. The average molecular weight is 514 g/mol. The Labute approximate surface area is 224 Å². The number of fused-ring (bicyclic) bond motifs is 1. The molecule has 0 atom stereocenters. The largest absolute Gasteiger partial charge is 0.496 e. The minimum atomic E-state index is -0.284. The standard InChI is InChI=1S/C30H35N5O3/c1-7-29(36)32-25-16-22(28(37-6)18-27(25)34(4)15-14-33(2)3)20-38-30-17-21(12-13-31-30)24-19-35(5)26-11-9-8-10-23(24)26/h7-13,16-19H,1,14-15,20H2,2-6H3,(H,32,36). The van der Waals surface area contributed by atoms with E-state index in [0.717, 1.165) is 41.0 Å². The molecule has 0 fully saturated rings. The van der Waals surface area contributed by atoms with Crippen LogP contribution in [0.5, 0.6) is 11.6 Å². The number of pyridine rings is 1. The zero-order chi connectivity index (χ0) is 27.2. The maximum Gasteiger partial charge on any atom is 0.247 e. The number of nitrogens with zero attached hydrogens (tertiary/aromatic N) is 4. The monoisotopic (exact) mass is 513 g/mol. The maximum atomic E-state index is 12.2. The molecule has 198 valence electrons. The molecule has 0 aliphatic carbocycles. The second kappa shape index (κ2) is 11.8. The van der Waals surface area contributed by atoms with Crippen LogP contribution in [0.15, 0.2) is 73.6 Å². The fourth-order valence-corrected chi connectivity index (χ4v) is 4.37. The molecule has 2 aromatic carbocycles. The summed E-state index contributed by atoms with van der Waals surface area (Å²) in [5.74, 6) is 0.883. The number of hydrogen-bond donors (Lipinski definition) is 1. The molecule has 0 radical (unpaired) electrons. The van der Waals surface area contributed by atoms with Crippen molar-refractivity contribution in [3.05, 3.63) is 79.1 Å². The number of hydrogen-bond acceptors (Lipinski definition) is 6. The summed E-state index contributed by atoms with van der Waals surface area (Å²) < 4.78 is 14.0. The first-order chi connectivity index (χ1) is 18.3. The fourth-order valence-electron chi connectivity index (χ4n) is 4.37. The van der Waals surface area contributed by atoms with Gasteiger partial charge in [-0.3, -0.25) is 4.79 Å². The molecular formula is C30H35N5O3. The highest BCUT2D eigenvalue weighted by Crippen LogP contribution is 2.35. The number of aryl methyl sites for hydroxylation is 1. The molecule has 0 saturated heterocycles. The molecule has 4 rings (SSSR count). The third-order valence-electron chi connectivity index (χ3n) is 6.45. The van der Waals surface area contributed by atoms with Crippen molar-refractivity contribution in [2.75, 3.05) is 51.6 Å². The molecule has 0 unspecified atom stereocenters. The Morgan fingerprint density at radius 1 is 1.13 bits per heavy atom. The van der Waals surface area contributed by atoms with Crippen LogP contribution in [0.2, 0.25) is 0 Å². The molecule has 8 nitrogen and oxygen atoms in total. The number of anilines is 2. The maximum absolute atomic E-state index is 12.2. The highest BCUT2D eigenvalue weighted by Gasteiger charge is 2.17. The molecule has 8 heteroatoms. The highest BCUT2D eigenvalue weighted by molar-refractivity contribution is 6.01. The molecule has 0 bridgehead atoms. The normalized spacial score (nSPS) is 11.0. The van der Waals surface area contributed by atoms with Gasteiger partial charge in [0.15, 0.2) is 0 Å². The topological polar surface area (TPSA) is 71.9 Å². The number of aromatic nitrogens is 2. The molecule has 38 heavy (non-hydrogen) atoms. The Balaban J connectivity index is 1.61. The van der Waals surface area contributed by atoms with Gasteiger partial charge >= 0.3 is 0 Å². The molecule has 1 N–H and O–H groups in total. The lowest BCUT2D eigenvalue weighted by atomic mass is 10.1. The summed E-state index contributed by atoms with van der Waals surface area (Å²) in [5.41, 5.74) is 5.60. The summed E-state index contributed by atoms with van der Waals surface area (Å²) >= 11 is 0. The van der Waals surface area contributed by atoms with Crippen molar-refractivity contribution in [1.82, 2.24) is 14.5 Å². The van der Waals surface area contributed by atoms with Gasteiger partial charge in [0.05, 0.1) is 18.5 Å². The van der Waals surface area contributed by atoms with Crippen LogP contribution >= 0.6 is 0 Å². The number of likely N-dealkylation sites (N-methyl/N-ethyl adjacent to an activating group) is 2. The summed E-state index contributed by atoms with van der Waals surface area (Å²) in [6.45, 7) is 5.43. The Morgan fingerprint density at radius 3 is 2.66 bits per heavy atom. The third kappa shape index (κ3) is 5.98. The SMILES string of the molecule is C=CC(=O)Nc1cc(COc2cc(-c3cn(C)c4ccccc34)ccn2)c(OC)cc1N(C)CCN(C)C. The molecule has 4 aromatic rings. The fraction of sp³-hybridized carbons (Fsp3) is 0.267. The summed E-state index contributed by atoms with van der Waals surface area (Å²) in [4.78, 5) is 20.8. The molecule has 0 aliphatic rings. The number of benzene rings is 2. The van der Waals surface area contributed by atoms with Gasteiger partial charge in [0.1, 0.15) is 12.4 Å². The minimum Gasteiger partial charge on any atom is -0.496 e. The number of nitrogens with one attached hydrogen (secondary N) is 1. The summed E-state index contributed by atoms with van der Waals surface area (Å²) in [6, 6.07) is 16.0. The molecular weight excluding hydrogens is 478 g/mol. The Morgan fingerprint density at radius 2 is 1.92 bits per heavy atom. The van der Waals surface area contributed by atoms with Crippen LogP contribution in [0.3, 0.4) is 0 Å². The van der Waals surface area contributed by atoms with Crippen molar-refractivity contribution >= 4 is 28.2 Å². The first-order valence-corrected chi connectivity index (χ1v) is 12.4. The van der Waals surface area contributed by atoms with Crippen molar-refractivity contribution in [3.8, 4) is 22.8 Å². The van der Waals surface area contributed by atoms with Crippen molar-refractivity contribution in [1.29, 1.82) is 0 Å². The van der Waals surface area contributed by atoms with E-state index in [1.165, 1.54) is 11.5 Å². The predicted octanol–water partition coefficient (Wildman–Crippen LogP) is 4.95. The van der Waals surface area contributed by atoms with E-state index in [-0.39, 0.29) is 12.5 Å². The highest BCUT2D eigenvalue weighted by atomic mass is 16.5. The summed E-state index contributed by atoms with van der Waals surface area (Å²) in [5, 5.41) is 4.10. The van der Waals surface area contributed by atoms with Crippen molar-refractivity contribution < 1.29 is 14.3 Å². The predicted molar refractivity (Wildman–Crippen MR) is 154 cm³/mol. The van der Waals surface area contributed by atoms with Crippen LogP contribution in [0, 0.1) is 0 Å². The first kappa shape index (κ1) is 26.8. The van der Waals surface area contributed by atoms with Crippen LogP contribution in [0.4, 0.5) is 11.4 Å². The lowest BCUT2D eigenvalue weighted by Crippen LogP contribution is -2.29. The number of carbonyl (C=O) groups excluding carboxylic acids is 1. The van der Waals surface area contributed by atoms with Gasteiger partial charge in [0.2, 0.25) is 11.8 Å². The summed E-state index contributed by atoms with van der Waals surface area (Å²) in [6.07, 6.45) is 5.13. The van der Waals surface area contributed by atoms with Crippen molar-refractivity contribution in [2.45, 2.75) is 6.61 Å². The van der Waals surface area contributed by atoms with E-state index in [0.29, 0.717) is 17.3 Å².